The van der Waals surface area contributed by atoms with E-state index >= 15 is 0 Å². The summed E-state index contributed by atoms with van der Waals surface area (Å²) >= 11 is 6.05. The molecular weight excluding hydrogens is 424 g/mol. The Kier molecular flexibility index (Phi) is 6.28. The summed E-state index contributed by atoms with van der Waals surface area (Å²) in [6, 6.07) is 18.7. The second kappa shape index (κ2) is 9.12. The Morgan fingerprint density at radius 2 is 1.72 bits per heavy atom. The van der Waals surface area contributed by atoms with Crippen LogP contribution in [0.25, 0.3) is 22.2 Å². The number of aromatic nitrogens is 2. The zero-order valence-electron chi connectivity index (χ0n) is 18.0. The fourth-order valence-corrected chi connectivity index (χ4v) is 3.93. The number of carbonyl (C=O) groups is 1. The molecule has 1 amide bonds. The SMILES string of the molecule is CN(C)CC(=O)NCC(O)(c1ccc(Cl)cc1)c1ccc(-c2ccnc3[nH]ccc23)cc1. The fraction of sp³-hybridized carbons (Fsp3) is 0.200. The van der Waals surface area contributed by atoms with Crippen LogP contribution in [0.1, 0.15) is 11.1 Å². The molecule has 0 spiro atoms. The molecule has 1 unspecified atom stereocenters. The summed E-state index contributed by atoms with van der Waals surface area (Å²) in [6.07, 6.45) is 3.64. The molecule has 4 rings (SSSR count). The number of aromatic amines is 1. The van der Waals surface area contributed by atoms with Gasteiger partial charge in [-0.25, -0.2) is 4.98 Å². The van der Waals surface area contributed by atoms with Crippen LogP contribution >= 0.6 is 11.6 Å². The molecule has 2 heterocycles. The number of halogens is 1. The Bertz CT molecular complexity index is 1220. The topological polar surface area (TPSA) is 81.2 Å². The summed E-state index contributed by atoms with van der Waals surface area (Å²) in [6.45, 7) is 0.280. The molecule has 0 bridgehead atoms. The van der Waals surface area contributed by atoms with E-state index < -0.39 is 5.60 Å². The standard InChI is InChI=1S/C25H25ClN4O2/c1-30(2)15-23(31)29-16-25(32,19-7-9-20(26)10-8-19)18-5-3-17(4-6-18)21-11-13-27-24-22(21)12-14-28-24/h3-14,32H,15-16H2,1-2H3,(H,27,28)(H,29,31). The number of likely N-dealkylation sites (N-methyl/N-ethyl adjacent to an activating group) is 1. The molecule has 0 aliphatic heterocycles. The van der Waals surface area contributed by atoms with Crippen molar-refractivity contribution in [1.29, 1.82) is 0 Å². The molecule has 0 fully saturated rings. The van der Waals surface area contributed by atoms with Gasteiger partial charge in [0.15, 0.2) is 0 Å². The average Bonchev–Trinajstić information content (AvgIpc) is 3.27. The first-order valence-electron chi connectivity index (χ1n) is 10.3. The number of benzene rings is 2. The Labute approximate surface area is 191 Å². The predicted octanol–water partition coefficient (Wildman–Crippen LogP) is 3.80. The number of hydrogen-bond acceptors (Lipinski definition) is 4. The third-order valence-corrected chi connectivity index (χ3v) is 5.71. The Hall–Kier alpha value is -3.19. The molecule has 0 aliphatic carbocycles. The molecule has 0 radical (unpaired) electrons. The van der Waals surface area contributed by atoms with Crippen molar-refractivity contribution in [2.45, 2.75) is 5.60 Å². The van der Waals surface area contributed by atoms with Crippen molar-refractivity contribution >= 4 is 28.5 Å². The normalized spacial score (nSPS) is 13.3. The second-order valence-corrected chi connectivity index (χ2v) is 8.49. The number of nitrogens with one attached hydrogen (secondary N) is 2. The fourth-order valence-electron chi connectivity index (χ4n) is 3.80. The molecule has 1 atom stereocenters. The summed E-state index contributed by atoms with van der Waals surface area (Å²) in [4.78, 5) is 21.5. The van der Waals surface area contributed by atoms with E-state index in [1.165, 1.54) is 0 Å². The van der Waals surface area contributed by atoms with Gasteiger partial charge in [-0.05, 0) is 60.6 Å². The largest absolute Gasteiger partial charge is 0.379 e. The highest BCUT2D eigenvalue weighted by Crippen LogP contribution is 2.33. The Morgan fingerprint density at radius 3 is 2.38 bits per heavy atom. The number of hydrogen-bond donors (Lipinski definition) is 3. The van der Waals surface area contributed by atoms with E-state index in [4.69, 9.17) is 11.6 Å². The zero-order chi connectivity index (χ0) is 22.7. The van der Waals surface area contributed by atoms with E-state index in [1.807, 2.05) is 56.7 Å². The van der Waals surface area contributed by atoms with Crippen LogP contribution < -0.4 is 5.32 Å². The van der Waals surface area contributed by atoms with E-state index in [9.17, 15) is 9.90 Å². The van der Waals surface area contributed by atoms with Gasteiger partial charge in [-0.15, -0.1) is 0 Å². The lowest BCUT2D eigenvalue weighted by atomic mass is 9.85. The first kappa shape index (κ1) is 22.0. The molecule has 7 heteroatoms. The Balaban J connectivity index is 1.68. The smallest absolute Gasteiger partial charge is 0.234 e. The van der Waals surface area contributed by atoms with E-state index in [1.54, 1.807) is 35.4 Å². The summed E-state index contributed by atoms with van der Waals surface area (Å²) in [5.74, 6) is -0.161. The maximum Gasteiger partial charge on any atom is 0.234 e. The van der Waals surface area contributed by atoms with Gasteiger partial charge in [0.1, 0.15) is 11.2 Å². The van der Waals surface area contributed by atoms with Crippen molar-refractivity contribution in [3.8, 4) is 11.1 Å². The van der Waals surface area contributed by atoms with Crippen LogP contribution in [0.2, 0.25) is 5.02 Å². The minimum atomic E-state index is -1.41. The molecular formula is C25H25ClN4O2. The van der Waals surface area contributed by atoms with E-state index in [0.29, 0.717) is 16.1 Å². The van der Waals surface area contributed by atoms with Crippen molar-refractivity contribution < 1.29 is 9.90 Å². The van der Waals surface area contributed by atoms with Crippen molar-refractivity contribution in [3.05, 3.63) is 89.2 Å². The molecule has 164 valence electrons. The first-order valence-corrected chi connectivity index (χ1v) is 10.7. The van der Waals surface area contributed by atoms with Gasteiger partial charge in [0.25, 0.3) is 0 Å². The van der Waals surface area contributed by atoms with E-state index in [-0.39, 0.29) is 19.0 Å². The molecule has 3 N–H and O–H groups in total. The van der Waals surface area contributed by atoms with Gasteiger partial charge in [-0.1, -0.05) is 48.0 Å². The van der Waals surface area contributed by atoms with Crippen LogP contribution in [0, 0.1) is 0 Å². The minimum absolute atomic E-state index is 0.0396. The highest BCUT2D eigenvalue weighted by molar-refractivity contribution is 6.30. The number of aliphatic hydroxyl groups is 1. The number of pyridine rings is 1. The van der Waals surface area contributed by atoms with Gasteiger partial charge in [0, 0.05) is 22.8 Å². The van der Waals surface area contributed by atoms with Crippen molar-refractivity contribution in [1.82, 2.24) is 20.2 Å². The number of carbonyl (C=O) groups excluding carboxylic acids is 1. The van der Waals surface area contributed by atoms with E-state index in [2.05, 4.69) is 15.3 Å². The van der Waals surface area contributed by atoms with Gasteiger partial charge in [0.2, 0.25) is 5.91 Å². The molecule has 2 aromatic carbocycles. The van der Waals surface area contributed by atoms with Gasteiger partial charge in [-0.2, -0.15) is 0 Å². The molecule has 0 aliphatic rings. The maximum absolute atomic E-state index is 12.3. The molecule has 0 saturated heterocycles. The molecule has 32 heavy (non-hydrogen) atoms. The summed E-state index contributed by atoms with van der Waals surface area (Å²) in [7, 11) is 3.65. The highest BCUT2D eigenvalue weighted by Gasteiger charge is 2.32. The number of rotatable bonds is 7. The lowest BCUT2D eigenvalue weighted by molar-refractivity contribution is -0.122. The van der Waals surface area contributed by atoms with Crippen molar-refractivity contribution in [2.24, 2.45) is 0 Å². The number of fused-ring (bicyclic) bond motifs is 1. The molecule has 0 saturated carbocycles. The summed E-state index contributed by atoms with van der Waals surface area (Å²) < 4.78 is 0. The lowest BCUT2D eigenvalue weighted by Crippen LogP contribution is -2.44. The van der Waals surface area contributed by atoms with Gasteiger partial charge >= 0.3 is 0 Å². The van der Waals surface area contributed by atoms with Crippen LogP contribution in [0.15, 0.2) is 73.1 Å². The van der Waals surface area contributed by atoms with Crippen LogP contribution in [0.5, 0.6) is 0 Å². The van der Waals surface area contributed by atoms with Gasteiger partial charge in [-0.3, -0.25) is 4.79 Å². The maximum atomic E-state index is 12.3. The number of H-pyrrole nitrogens is 1. The lowest BCUT2D eigenvalue weighted by Gasteiger charge is -2.30. The van der Waals surface area contributed by atoms with Crippen molar-refractivity contribution in [3.63, 3.8) is 0 Å². The van der Waals surface area contributed by atoms with Crippen molar-refractivity contribution in [2.75, 3.05) is 27.2 Å². The second-order valence-electron chi connectivity index (χ2n) is 8.06. The molecule has 4 aromatic rings. The van der Waals surface area contributed by atoms with E-state index in [0.717, 1.165) is 22.2 Å². The third-order valence-electron chi connectivity index (χ3n) is 5.46. The highest BCUT2D eigenvalue weighted by atomic mass is 35.5. The van der Waals surface area contributed by atoms with Crippen LogP contribution in [-0.2, 0) is 10.4 Å². The van der Waals surface area contributed by atoms with Crippen LogP contribution in [-0.4, -0.2) is 53.1 Å². The first-order chi connectivity index (χ1) is 15.4. The van der Waals surface area contributed by atoms with Crippen LogP contribution in [0.4, 0.5) is 0 Å². The minimum Gasteiger partial charge on any atom is -0.379 e. The summed E-state index contributed by atoms with van der Waals surface area (Å²) in [5, 5.41) is 16.2. The molecule has 2 aromatic heterocycles. The average molecular weight is 449 g/mol. The summed E-state index contributed by atoms with van der Waals surface area (Å²) in [5.41, 5.74) is 2.80. The van der Waals surface area contributed by atoms with Gasteiger partial charge in [0.05, 0.1) is 13.1 Å². The number of amides is 1. The Morgan fingerprint density at radius 1 is 1.06 bits per heavy atom. The number of nitrogens with zero attached hydrogens (tertiary/aromatic N) is 2. The predicted molar refractivity (Wildman–Crippen MR) is 128 cm³/mol. The molecule has 6 nitrogen and oxygen atoms in total. The third kappa shape index (κ3) is 4.53. The quantitative estimate of drug-likeness (QED) is 0.401. The monoisotopic (exact) mass is 448 g/mol. The van der Waals surface area contributed by atoms with Crippen LogP contribution in [0.3, 0.4) is 0 Å². The zero-order valence-corrected chi connectivity index (χ0v) is 18.7. The van der Waals surface area contributed by atoms with Gasteiger partial charge < -0.3 is 20.3 Å².